The molecule has 0 saturated carbocycles. The van der Waals surface area contributed by atoms with E-state index in [0.29, 0.717) is 12.5 Å². The minimum absolute atomic E-state index is 0.192. The fraction of sp³-hybridized carbons (Fsp3) is 1.00. The molecule has 0 aromatic rings. The Kier molecular flexibility index (Phi) is 4.68. The molecule has 0 aliphatic carbocycles. The summed E-state index contributed by atoms with van der Waals surface area (Å²) in [5.74, 6) is 0. The van der Waals surface area contributed by atoms with Crippen LogP contribution >= 0.6 is 0 Å². The number of hydrogen-bond acceptors (Lipinski definition) is 2. The van der Waals surface area contributed by atoms with Crippen molar-refractivity contribution >= 4 is 0 Å². The topological polar surface area (TPSA) is 21.3 Å². The first-order chi connectivity index (χ1) is 6.58. The Hall–Kier alpha value is -0.290. The van der Waals surface area contributed by atoms with E-state index in [-0.39, 0.29) is 6.61 Å². The number of hydrogen-bond donors (Lipinski definition) is 1. The van der Waals surface area contributed by atoms with Crippen LogP contribution in [0.15, 0.2) is 0 Å². The molecule has 1 unspecified atom stereocenters. The molecule has 0 aromatic heterocycles. The molecule has 14 heavy (non-hydrogen) atoms. The van der Waals surface area contributed by atoms with Crippen LogP contribution in [-0.2, 0) is 4.74 Å². The van der Waals surface area contributed by atoms with Crippen molar-refractivity contribution in [1.29, 1.82) is 0 Å². The quantitative estimate of drug-likeness (QED) is 0.719. The van der Waals surface area contributed by atoms with E-state index in [1.807, 2.05) is 0 Å². The summed E-state index contributed by atoms with van der Waals surface area (Å²) in [6, 6.07) is 0.344. The van der Waals surface area contributed by atoms with Gasteiger partial charge in [0, 0.05) is 12.6 Å². The van der Waals surface area contributed by atoms with Gasteiger partial charge in [-0.3, -0.25) is 0 Å². The SMILES string of the molecule is FC(F)(F)COCCC1CCCCN1. The molecule has 1 atom stereocenters. The summed E-state index contributed by atoms with van der Waals surface area (Å²) in [6.45, 7) is 0.0425. The van der Waals surface area contributed by atoms with Gasteiger partial charge in [0.1, 0.15) is 6.61 Å². The van der Waals surface area contributed by atoms with Gasteiger partial charge in [-0.2, -0.15) is 13.2 Å². The number of rotatable bonds is 4. The molecule has 1 aliphatic heterocycles. The number of alkyl halides is 3. The maximum atomic E-state index is 11.7. The Morgan fingerprint density at radius 2 is 2.07 bits per heavy atom. The van der Waals surface area contributed by atoms with Crippen molar-refractivity contribution in [3.8, 4) is 0 Å². The highest BCUT2D eigenvalue weighted by atomic mass is 19.4. The maximum Gasteiger partial charge on any atom is 0.411 e. The van der Waals surface area contributed by atoms with E-state index in [9.17, 15) is 13.2 Å². The molecule has 1 heterocycles. The van der Waals surface area contributed by atoms with Crippen LogP contribution in [0.2, 0.25) is 0 Å². The van der Waals surface area contributed by atoms with Crippen LogP contribution in [0.1, 0.15) is 25.7 Å². The Balaban J connectivity index is 1.97. The highest BCUT2D eigenvalue weighted by Gasteiger charge is 2.27. The summed E-state index contributed by atoms with van der Waals surface area (Å²) in [5.41, 5.74) is 0. The molecule has 0 amide bonds. The number of piperidine rings is 1. The predicted octanol–water partition coefficient (Wildman–Crippen LogP) is 2.10. The maximum absolute atomic E-state index is 11.7. The molecule has 0 spiro atoms. The van der Waals surface area contributed by atoms with E-state index in [0.717, 1.165) is 19.4 Å². The van der Waals surface area contributed by atoms with E-state index < -0.39 is 12.8 Å². The van der Waals surface area contributed by atoms with Crippen LogP contribution in [-0.4, -0.2) is 32.0 Å². The minimum atomic E-state index is -4.19. The third-order valence-electron chi connectivity index (χ3n) is 2.29. The van der Waals surface area contributed by atoms with Gasteiger partial charge < -0.3 is 10.1 Å². The summed E-state index contributed by atoms with van der Waals surface area (Å²) in [4.78, 5) is 0. The zero-order valence-electron chi connectivity index (χ0n) is 8.07. The third-order valence-corrected chi connectivity index (χ3v) is 2.29. The Morgan fingerprint density at radius 3 is 2.64 bits per heavy atom. The zero-order valence-corrected chi connectivity index (χ0v) is 8.07. The fourth-order valence-corrected chi connectivity index (χ4v) is 1.58. The van der Waals surface area contributed by atoms with Crippen molar-refractivity contribution in [3.63, 3.8) is 0 Å². The molecule has 5 heteroatoms. The lowest BCUT2D eigenvalue weighted by Crippen LogP contribution is -2.35. The summed E-state index contributed by atoms with van der Waals surface area (Å²) in [7, 11) is 0. The lowest BCUT2D eigenvalue weighted by Gasteiger charge is -2.23. The van der Waals surface area contributed by atoms with Crippen molar-refractivity contribution in [1.82, 2.24) is 5.32 Å². The average molecular weight is 211 g/mol. The fourth-order valence-electron chi connectivity index (χ4n) is 1.58. The summed E-state index contributed by atoms with van der Waals surface area (Å²) >= 11 is 0. The van der Waals surface area contributed by atoms with Crippen LogP contribution in [0, 0.1) is 0 Å². The van der Waals surface area contributed by atoms with Crippen molar-refractivity contribution in [2.75, 3.05) is 19.8 Å². The third kappa shape index (κ3) is 5.44. The summed E-state index contributed by atoms with van der Waals surface area (Å²) in [5, 5.41) is 3.26. The molecule has 0 bridgehead atoms. The van der Waals surface area contributed by atoms with Gasteiger partial charge in [-0.15, -0.1) is 0 Å². The smallest absolute Gasteiger partial charge is 0.372 e. The van der Waals surface area contributed by atoms with Crippen LogP contribution in [0.4, 0.5) is 13.2 Å². The summed E-state index contributed by atoms with van der Waals surface area (Å²) < 4.78 is 39.6. The molecule has 0 aromatic carbocycles. The zero-order chi connectivity index (χ0) is 10.4. The molecule has 1 rings (SSSR count). The second-order valence-corrected chi connectivity index (χ2v) is 3.60. The second-order valence-electron chi connectivity index (χ2n) is 3.60. The molecule has 0 radical (unpaired) electrons. The first kappa shape index (κ1) is 11.8. The lowest BCUT2D eigenvalue weighted by atomic mass is 10.0. The molecular formula is C9H16F3NO. The molecule has 1 aliphatic rings. The largest absolute Gasteiger partial charge is 0.411 e. The van der Waals surface area contributed by atoms with Gasteiger partial charge in [0.15, 0.2) is 0 Å². The first-order valence-corrected chi connectivity index (χ1v) is 4.96. The van der Waals surface area contributed by atoms with Gasteiger partial charge in [0.25, 0.3) is 0 Å². The summed E-state index contributed by atoms with van der Waals surface area (Å²) in [6.07, 6.45) is -0.137. The number of halogens is 3. The highest BCUT2D eigenvalue weighted by molar-refractivity contribution is 4.71. The molecular weight excluding hydrogens is 195 g/mol. The second kappa shape index (κ2) is 5.56. The molecule has 2 nitrogen and oxygen atoms in total. The van der Waals surface area contributed by atoms with Crippen molar-refractivity contribution in [3.05, 3.63) is 0 Å². The van der Waals surface area contributed by atoms with Crippen LogP contribution in [0.25, 0.3) is 0 Å². The predicted molar refractivity (Wildman–Crippen MR) is 47.1 cm³/mol. The molecule has 1 saturated heterocycles. The minimum Gasteiger partial charge on any atom is -0.372 e. The van der Waals surface area contributed by atoms with E-state index >= 15 is 0 Å². The van der Waals surface area contributed by atoms with E-state index in [2.05, 4.69) is 10.1 Å². The average Bonchev–Trinajstić information content (AvgIpc) is 2.13. The molecule has 1 N–H and O–H groups in total. The highest BCUT2D eigenvalue weighted by Crippen LogP contribution is 2.15. The normalized spacial score (nSPS) is 23.8. The van der Waals surface area contributed by atoms with Crippen molar-refractivity contribution in [2.24, 2.45) is 0 Å². The molecule has 1 fully saturated rings. The monoisotopic (exact) mass is 211 g/mol. The van der Waals surface area contributed by atoms with E-state index in [1.54, 1.807) is 0 Å². The van der Waals surface area contributed by atoms with Gasteiger partial charge in [-0.25, -0.2) is 0 Å². The molecule has 84 valence electrons. The van der Waals surface area contributed by atoms with Crippen molar-refractivity contribution in [2.45, 2.75) is 37.9 Å². The van der Waals surface area contributed by atoms with Crippen molar-refractivity contribution < 1.29 is 17.9 Å². The van der Waals surface area contributed by atoms with Gasteiger partial charge in [-0.05, 0) is 25.8 Å². The number of ether oxygens (including phenoxy) is 1. The van der Waals surface area contributed by atoms with E-state index in [1.165, 1.54) is 6.42 Å². The lowest BCUT2D eigenvalue weighted by molar-refractivity contribution is -0.174. The Labute approximate surface area is 81.8 Å². The van der Waals surface area contributed by atoms with Crippen LogP contribution in [0.3, 0.4) is 0 Å². The van der Waals surface area contributed by atoms with Gasteiger partial charge in [0.05, 0.1) is 0 Å². The first-order valence-electron chi connectivity index (χ1n) is 4.96. The van der Waals surface area contributed by atoms with E-state index in [4.69, 9.17) is 0 Å². The number of nitrogens with one attached hydrogen (secondary N) is 1. The van der Waals surface area contributed by atoms with Gasteiger partial charge in [-0.1, -0.05) is 6.42 Å². The Morgan fingerprint density at radius 1 is 1.29 bits per heavy atom. The van der Waals surface area contributed by atoms with Gasteiger partial charge in [0.2, 0.25) is 0 Å². The Bertz CT molecular complexity index is 155. The standard InChI is InChI=1S/C9H16F3NO/c10-9(11,12)7-14-6-4-8-3-1-2-5-13-8/h8,13H,1-7H2. The van der Waals surface area contributed by atoms with Crippen LogP contribution in [0.5, 0.6) is 0 Å². The van der Waals surface area contributed by atoms with Crippen LogP contribution < -0.4 is 5.32 Å². The van der Waals surface area contributed by atoms with Gasteiger partial charge >= 0.3 is 6.18 Å².